The van der Waals surface area contributed by atoms with Gasteiger partial charge in [0.05, 0.1) is 35.1 Å². The second kappa shape index (κ2) is 6.49. The van der Waals surface area contributed by atoms with E-state index >= 15 is 0 Å². The topological polar surface area (TPSA) is 126 Å². The Balaban J connectivity index is 0.000000880. The van der Waals surface area contributed by atoms with Gasteiger partial charge in [0.25, 0.3) is 0 Å². The Labute approximate surface area is 146 Å². The van der Waals surface area contributed by atoms with Crippen molar-refractivity contribution in [1.82, 2.24) is 14.9 Å². The van der Waals surface area contributed by atoms with Crippen molar-refractivity contribution < 1.29 is 0 Å². The summed E-state index contributed by atoms with van der Waals surface area (Å²) in [6.07, 6.45) is 5.05. The zero-order valence-electron chi connectivity index (χ0n) is 14.3. The van der Waals surface area contributed by atoms with Crippen LogP contribution in [0.15, 0.2) is 29.2 Å². The van der Waals surface area contributed by atoms with Crippen molar-refractivity contribution in [3.63, 3.8) is 0 Å². The lowest BCUT2D eigenvalue weighted by Gasteiger charge is -2.26. The van der Waals surface area contributed by atoms with Gasteiger partial charge < -0.3 is 16.8 Å². The molecular weight excluding hydrogens is 316 g/mol. The van der Waals surface area contributed by atoms with Crippen LogP contribution < -0.4 is 22.5 Å². The standard InChI is InChI=1S/C16H16N6O.C2H6/c17-7-8-1-4-12(10-3-2-9(8)10)22-13(15(19)21-16(22)23)11-5-6-20-14(11)18;1-2/h1,4-6,11,14,20H,2-3,18-19H2,(H,21,23);1-2H3. The number of fused-ring (bicyclic) bond motifs is 1. The van der Waals surface area contributed by atoms with Crippen molar-refractivity contribution >= 4 is 5.82 Å². The summed E-state index contributed by atoms with van der Waals surface area (Å²) in [5.41, 5.74) is 16.0. The summed E-state index contributed by atoms with van der Waals surface area (Å²) >= 11 is 0. The van der Waals surface area contributed by atoms with Crippen LogP contribution in [-0.2, 0) is 12.8 Å². The number of aromatic amines is 1. The lowest BCUT2D eigenvalue weighted by atomic mass is 9.83. The molecule has 0 fully saturated rings. The van der Waals surface area contributed by atoms with Crippen LogP contribution in [0.4, 0.5) is 5.82 Å². The number of nitrogens with one attached hydrogen (secondary N) is 2. The molecule has 0 radical (unpaired) electrons. The molecule has 1 aliphatic carbocycles. The molecule has 2 atom stereocenters. The number of nitrogens with two attached hydrogens (primary N) is 2. The molecule has 0 saturated carbocycles. The van der Waals surface area contributed by atoms with Gasteiger partial charge in [-0.1, -0.05) is 19.9 Å². The quantitative estimate of drug-likeness (QED) is 0.655. The van der Waals surface area contributed by atoms with Crippen LogP contribution in [0.1, 0.15) is 42.1 Å². The van der Waals surface area contributed by atoms with E-state index in [0.29, 0.717) is 17.1 Å². The highest BCUT2D eigenvalue weighted by atomic mass is 16.1. The molecule has 7 heteroatoms. The molecule has 1 aromatic carbocycles. The van der Waals surface area contributed by atoms with Crippen molar-refractivity contribution in [1.29, 1.82) is 5.26 Å². The Morgan fingerprint density at radius 3 is 2.56 bits per heavy atom. The molecule has 25 heavy (non-hydrogen) atoms. The first-order chi connectivity index (χ1) is 12.1. The molecule has 4 rings (SSSR count). The summed E-state index contributed by atoms with van der Waals surface area (Å²) in [6, 6.07) is 5.77. The largest absolute Gasteiger partial charge is 0.384 e. The molecule has 1 aromatic heterocycles. The third-order valence-electron chi connectivity index (χ3n) is 4.65. The highest BCUT2D eigenvalue weighted by Gasteiger charge is 2.30. The number of H-pyrrole nitrogens is 1. The van der Waals surface area contributed by atoms with E-state index in [1.54, 1.807) is 16.8 Å². The predicted octanol–water partition coefficient (Wildman–Crippen LogP) is 1.23. The van der Waals surface area contributed by atoms with E-state index in [2.05, 4.69) is 16.4 Å². The summed E-state index contributed by atoms with van der Waals surface area (Å²) in [5.74, 6) is 0.126. The van der Waals surface area contributed by atoms with Crippen LogP contribution >= 0.6 is 0 Å². The van der Waals surface area contributed by atoms with Gasteiger partial charge >= 0.3 is 5.69 Å². The number of hydrogen-bond acceptors (Lipinski definition) is 5. The summed E-state index contributed by atoms with van der Waals surface area (Å²) in [7, 11) is 0. The fraction of sp³-hybridized carbons (Fsp3) is 0.333. The van der Waals surface area contributed by atoms with Crippen molar-refractivity contribution in [2.24, 2.45) is 5.73 Å². The molecule has 7 nitrogen and oxygen atoms in total. The van der Waals surface area contributed by atoms with Crippen molar-refractivity contribution in [2.75, 3.05) is 5.73 Å². The normalized spacial score (nSPS) is 19.9. The monoisotopic (exact) mass is 338 g/mol. The fourth-order valence-corrected chi connectivity index (χ4v) is 3.42. The van der Waals surface area contributed by atoms with E-state index in [0.717, 1.165) is 29.7 Å². The molecule has 6 N–H and O–H groups in total. The van der Waals surface area contributed by atoms with Crippen LogP contribution in [0.5, 0.6) is 0 Å². The number of anilines is 1. The average molecular weight is 338 g/mol. The number of nitrogens with zero attached hydrogens (tertiary/aromatic N) is 2. The van der Waals surface area contributed by atoms with Crippen molar-refractivity contribution in [2.45, 2.75) is 38.8 Å². The maximum absolute atomic E-state index is 12.4. The summed E-state index contributed by atoms with van der Waals surface area (Å²) in [5, 5.41) is 12.2. The van der Waals surface area contributed by atoms with Gasteiger partial charge in [-0.05, 0) is 42.3 Å². The smallest absolute Gasteiger partial charge is 0.331 e. The van der Waals surface area contributed by atoms with Gasteiger partial charge in [0.15, 0.2) is 0 Å². The highest BCUT2D eigenvalue weighted by Crippen LogP contribution is 2.35. The van der Waals surface area contributed by atoms with Crippen molar-refractivity contribution in [3.05, 3.63) is 57.3 Å². The number of nitriles is 1. The Kier molecular flexibility index (Phi) is 4.38. The molecule has 0 bridgehead atoms. The summed E-state index contributed by atoms with van der Waals surface area (Å²) in [4.78, 5) is 15.1. The van der Waals surface area contributed by atoms with E-state index in [-0.39, 0.29) is 17.8 Å². The molecule has 130 valence electrons. The molecule has 2 aromatic rings. The predicted molar refractivity (Wildman–Crippen MR) is 97.3 cm³/mol. The van der Waals surface area contributed by atoms with Gasteiger partial charge in [-0.2, -0.15) is 5.26 Å². The molecule has 2 aliphatic rings. The number of nitrogen functional groups attached to an aromatic ring is 1. The van der Waals surface area contributed by atoms with Gasteiger partial charge in [-0.3, -0.25) is 9.55 Å². The lowest BCUT2D eigenvalue weighted by Crippen LogP contribution is -2.36. The summed E-state index contributed by atoms with van der Waals surface area (Å²) < 4.78 is 1.59. The van der Waals surface area contributed by atoms with Gasteiger partial charge in [0.2, 0.25) is 0 Å². The van der Waals surface area contributed by atoms with E-state index in [1.807, 2.05) is 26.0 Å². The van der Waals surface area contributed by atoms with E-state index < -0.39 is 0 Å². The second-order valence-electron chi connectivity index (χ2n) is 5.84. The maximum Gasteiger partial charge on any atom is 0.331 e. The first-order valence-electron chi connectivity index (χ1n) is 8.45. The van der Waals surface area contributed by atoms with Gasteiger partial charge in [-0.15, -0.1) is 0 Å². The summed E-state index contributed by atoms with van der Waals surface area (Å²) in [6.45, 7) is 4.00. The lowest BCUT2D eigenvalue weighted by molar-refractivity contribution is 0.576. The van der Waals surface area contributed by atoms with Gasteiger partial charge in [0.1, 0.15) is 5.82 Å². The fourth-order valence-electron chi connectivity index (χ4n) is 3.42. The van der Waals surface area contributed by atoms with Gasteiger partial charge in [0, 0.05) is 0 Å². The Morgan fingerprint density at radius 2 is 2.00 bits per heavy atom. The zero-order chi connectivity index (χ0) is 18.1. The van der Waals surface area contributed by atoms with Crippen LogP contribution in [0.3, 0.4) is 0 Å². The first kappa shape index (κ1) is 16.9. The number of benzene rings is 1. The Bertz CT molecular complexity index is 930. The van der Waals surface area contributed by atoms with Crippen LogP contribution in [0.25, 0.3) is 5.69 Å². The number of aromatic nitrogens is 2. The number of imidazole rings is 1. The van der Waals surface area contributed by atoms with Gasteiger partial charge in [-0.25, -0.2) is 4.79 Å². The number of rotatable bonds is 2. The highest BCUT2D eigenvalue weighted by molar-refractivity contribution is 5.60. The molecular formula is C18H22N6O. The number of hydrogen-bond donors (Lipinski definition) is 4. The minimum absolute atomic E-state index is 0.194. The van der Waals surface area contributed by atoms with Crippen LogP contribution in [0, 0.1) is 11.3 Å². The molecule has 2 heterocycles. The minimum atomic E-state index is -0.331. The van der Waals surface area contributed by atoms with Crippen molar-refractivity contribution in [3.8, 4) is 11.8 Å². The van der Waals surface area contributed by atoms with Crippen LogP contribution in [-0.4, -0.2) is 15.7 Å². The zero-order valence-corrected chi connectivity index (χ0v) is 14.3. The molecule has 2 unspecified atom stereocenters. The second-order valence-corrected chi connectivity index (χ2v) is 5.84. The SMILES string of the molecule is CC.N#Cc1ccc(-n2c(C3C=CNC3N)c(N)[nH]c2=O)c2c1CC2. The third kappa shape index (κ3) is 2.51. The first-order valence-corrected chi connectivity index (χ1v) is 8.45. The molecule has 0 amide bonds. The third-order valence-corrected chi connectivity index (χ3v) is 4.65. The minimum Gasteiger partial charge on any atom is -0.384 e. The van der Waals surface area contributed by atoms with E-state index in [9.17, 15) is 10.1 Å². The average Bonchev–Trinajstić information content (AvgIpc) is 3.12. The van der Waals surface area contributed by atoms with Crippen LogP contribution in [0.2, 0.25) is 0 Å². The van der Waals surface area contributed by atoms with E-state index in [4.69, 9.17) is 11.5 Å². The molecule has 0 spiro atoms. The Morgan fingerprint density at radius 1 is 1.28 bits per heavy atom. The van der Waals surface area contributed by atoms with E-state index in [1.165, 1.54) is 0 Å². The Hall–Kier alpha value is -2.98. The molecule has 0 saturated heterocycles. The molecule has 1 aliphatic heterocycles. The maximum atomic E-state index is 12.4.